The highest BCUT2D eigenvalue weighted by Gasteiger charge is 2.32. The lowest BCUT2D eigenvalue weighted by Crippen LogP contribution is -2.53. The zero-order chi connectivity index (χ0) is 15.6. The number of carbonyl (C=O) groups is 2. The number of rotatable bonds is 3. The van der Waals surface area contributed by atoms with Gasteiger partial charge >= 0.3 is 0 Å². The molecular weight excluding hydrogens is 291 g/mol. The Morgan fingerprint density at radius 1 is 1.43 bits per heavy atom. The number of thiocarbonyl (C=S) groups is 1. The Hall–Kier alpha value is -2.34. The molecule has 1 N–H and O–H groups in total. The Balaban J connectivity index is 2.40. The monoisotopic (exact) mass is 304 g/mol. The van der Waals surface area contributed by atoms with Gasteiger partial charge in [0.25, 0.3) is 11.8 Å². The molecule has 0 bridgehead atoms. The average Bonchev–Trinajstić information content (AvgIpc) is 2.43. The highest BCUT2D eigenvalue weighted by Crippen LogP contribution is 2.16. The summed E-state index contributed by atoms with van der Waals surface area (Å²) >= 11 is 4.94. The number of nitrogens with zero attached hydrogens (tertiary/aromatic N) is 1. The van der Waals surface area contributed by atoms with E-state index < -0.39 is 17.6 Å². The van der Waals surface area contributed by atoms with E-state index in [0.29, 0.717) is 11.1 Å². The predicted molar refractivity (Wildman–Crippen MR) is 81.8 cm³/mol. The molecule has 1 aliphatic rings. The third-order valence-electron chi connectivity index (χ3n) is 3.00. The van der Waals surface area contributed by atoms with Crippen LogP contribution in [0.15, 0.2) is 36.4 Å². The molecule has 1 aromatic rings. The Labute approximate surface area is 126 Å². The minimum Gasteiger partial charge on any atom is -0.298 e. The Bertz CT molecular complexity index is 682. The molecule has 1 aliphatic heterocycles. The molecule has 0 radical (unpaired) electrons. The highest BCUT2D eigenvalue weighted by molar-refractivity contribution is 7.80. The molecular formula is C15H13FN2O2S. The number of aryl methyl sites for hydroxylation is 1. The van der Waals surface area contributed by atoms with Crippen molar-refractivity contribution in [3.8, 4) is 0 Å². The van der Waals surface area contributed by atoms with Crippen LogP contribution in [0.25, 0.3) is 6.08 Å². The predicted octanol–water partition coefficient (Wildman–Crippen LogP) is 1.95. The van der Waals surface area contributed by atoms with Crippen molar-refractivity contribution in [1.29, 1.82) is 0 Å². The molecule has 0 unspecified atom stereocenters. The van der Waals surface area contributed by atoms with E-state index in [1.807, 2.05) is 0 Å². The van der Waals surface area contributed by atoms with Crippen molar-refractivity contribution in [3.63, 3.8) is 0 Å². The van der Waals surface area contributed by atoms with E-state index >= 15 is 0 Å². The van der Waals surface area contributed by atoms with Crippen LogP contribution in [0.4, 0.5) is 4.39 Å². The van der Waals surface area contributed by atoms with Gasteiger partial charge < -0.3 is 0 Å². The Morgan fingerprint density at radius 3 is 2.76 bits per heavy atom. The third kappa shape index (κ3) is 3.05. The fourth-order valence-corrected chi connectivity index (χ4v) is 2.10. The minimum absolute atomic E-state index is 0.0390. The summed E-state index contributed by atoms with van der Waals surface area (Å²) in [5, 5.41) is 2.47. The maximum atomic E-state index is 13.5. The van der Waals surface area contributed by atoms with Crippen LogP contribution in [0.3, 0.4) is 0 Å². The maximum Gasteiger partial charge on any atom is 0.265 e. The van der Waals surface area contributed by atoms with Gasteiger partial charge in [-0.1, -0.05) is 18.2 Å². The molecule has 21 heavy (non-hydrogen) atoms. The lowest BCUT2D eigenvalue weighted by Gasteiger charge is -2.27. The standard InChI is InChI=1S/C15H13FN2O2S/c1-3-6-18-14(20)11(13(19)17-15(18)21)7-10-5-4-9(2)12(16)8-10/h3-5,7-8H,1,6H2,2H3,(H,17,19,21). The Morgan fingerprint density at radius 2 is 2.14 bits per heavy atom. The van der Waals surface area contributed by atoms with E-state index in [2.05, 4.69) is 11.9 Å². The highest BCUT2D eigenvalue weighted by atomic mass is 32.1. The van der Waals surface area contributed by atoms with Gasteiger partial charge in [-0.3, -0.25) is 19.8 Å². The molecule has 1 aromatic carbocycles. The van der Waals surface area contributed by atoms with E-state index in [9.17, 15) is 14.0 Å². The van der Waals surface area contributed by atoms with E-state index in [4.69, 9.17) is 12.2 Å². The van der Waals surface area contributed by atoms with Crippen molar-refractivity contribution in [2.75, 3.05) is 6.54 Å². The quantitative estimate of drug-likeness (QED) is 0.402. The molecule has 0 aromatic heterocycles. The smallest absolute Gasteiger partial charge is 0.265 e. The number of hydrogen-bond acceptors (Lipinski definition) is 3. The summed E-state index contributed by atoms with van der Waals surface area (Å²) < 4.78 is 13.5. The van der Waals surface area contributed by atoms with Gasteiger partial charge in [-0.25, -0.2) is 4.39 Å². The van der Waals surface area contributed by atoms with Gasteiger partial charge in [-0.15, -0.1) is 6.58 Å². The van der Waals surface area contributed by atoms with Crippen LogP contribution in [0.5, 0.6) is 0 Å². The van der Waals surface area contributed by atoms with Crippen molar-refractivity contribution in [2.24, 2.45) is 0 Å². The first kappa shape index (κ1) is 15.1. The van der Waals surface area contributed by atoms with Crippen molar-refractivity contribution in [1.82, 2.24) is 10.2 Å². The van der Waals surface area contributed by atoms with Gasteiger partial charge in [0.1, 0.15) is 11.4 Å². The molecule has 6 heteroatoms. The van der Waals surface area contributed by atoms with E-state index in [-0.39, 0.29) is 17.2 Å². The maximum absolute atomic E-state index is 13.5. The first-order chi connectivity index (χ1) is 9.93. The second-order valence-electron chi connectivity index (χ2n) is 4.53. The SMILES string of the molecule is C=CCN1C(=O)C(=Cc2ccc(C)c(F)c2)C(=O)NC1=S. The molecule has 1 heterocycles. The molecule has 0 aliphatic carbocycles. The number of hydrogen-bond donors (Lipinski definition) is 1. The molecule has 0 atom stereocenters. The summed E-state index contributed by atoms with van der Waals surface area (Å²) in [4.78, 5) is 25.4. The van der Waals surface area contributed by atoms with Crippen LogP contribution in [-0.2, 0) is 9.59 Å². The third-order valence-corrected chi connectivity index (χ3v) is 3.33. The molecule has 2 rings (SSSR count). The Kier molecular flexibility index (Phi) is 4.28. The van der Waals surface area contributed by atoms with Crippen LogP contribution in [0.1, 0.15) is 11.1 Å². The number of carbonyl (C=O) groups excluding carboxylic acids is 2. The van der Waals surface area contributed by atoms with E-state index in [1.54, 1.807) is 19.1 Å². The number of nitrogens with one attached hydrogen (secondary N) is 1. The first-order valence-electron chi connectivity index (χ1n) is 6.20. The van der Waals surface area contributed by atoms with Gasteiger partial charge in [0.2, 0.25) is 0 Å². The van der Waals surface area contributed by atoms with Gasteiger partial charge in [-0.2, -0.15) is 0 Å². The van der Waals surface area contributed by atoms with Crippen LogP contribution in [0, 0.1) is 12.7 Å². The summed E-state index contributed by atoms with van der Waals surface area (Å²) in [6, 6.07) is 4.49. The summed E-state index contributed by atoms with van der Waals surface area (Å²) in [6.07, 6.45) is 2.85. The van der Waals surface area contributed by atoms with Gasteiger partial charge in [0.15, 0.2) is 5.11 Å². The van der Waals surface area contributed by atoms with Crippen LogP contribution in [0.2, 0.25) is 0 Å². The van der Waals surface area contributed by atoms with Crippen LogP contribution < -0.4 is 5.32 Å². The number of amides is 2. The van der Waals surface area contributed by atoms with E-state index in [0.717, 1.165) is 0 Å². The van der Waals surface area contributed by atoms with Gasteiger partial charge in [0.05, 0.1) is 0 Å². The molecule has 0 spiro atoms. The molecule has 1 fully saturated rings. The first-order valence-corrected chi connectivity index (χ1v) is 6.60. The van der Waals surface area contributed by atoms with Gasteiger partial charge in [0, 0.05) is 6.54 Å². The summed E-state index contributed by atoms with van der Waals surface area (Å²) in [5.74, 6) is -1.51. The minimum atomic E-state index is -0.591. The normalized spacial score (nSPS) is 17.1. The summed E-state index contributed by atoms with van der Waals surface area (Å²) in [6.45, 7) is 5.36. The van der Waals surface area contributed by atoms with Crippen molar-refractivity contribution in [3.05, 3.63) is 53.4 Å². The van der Waals surface area contributed by atoms with Crippen molar-refractivity contribution in [2.45, 2.75) is 6.92 Å². The largest absolute Gasteiger partial charge is 0.298 e. The van der Waals surface area contributed by atoms with Crippen LogP contribution >= 0.6 is 12.2 Å². The van der Waals surface area contributed by atoms with Crippen molar-refractivity contribution < 1.29 is 14.0 Å². The lowest BCUT2D eigenvalue weighted by atomic mass is 10.1. The average molecular weight is 304 g/mol. The molecule has 4 nitrogen and oxygen atoms in total. The molecule has 2 amide bonds. The summed E-state index contributed by atoms with van der Waals surface area (Å²) in [7, 11) is 0. The van der Waals surface area contributed by atoms with Crippen LogP contribution in [-0.4, -0.2) is 28.4 Å². The van der Waals surface area contributed by atoms with Gasteiger partial charge in [-0.05, 0) is 42.4 Å². The van der Waals surface area contributed by atoms with Crippen molar-refractivity contribution >= 4 is 35.2 Å². The number of benzene rings is 1. The molecule has 108 valence electrons. The zero-order valence-electron chi connectivity index (χ0n) is 11.4. The second kappa shape index (κ2) is 5.97. The fraction of sp³-hybridized carbons (Fsp3) is 0.133. The fourth-order valence-electron chi connectivity index (χ4n) is 1.85. The molecule has 0 saturated carbocycles. The zero-order valence-corrected chi connectivity index (χ0v) is 12.2. The topological polar surface area (TPSA) is 49.4 Å². The summed E-state index contributed by atoms with van der Waals surface area (Å²) in [5.41, 5.74) is 0.836. The second-order valence-corrected chi connectivity index (χ2v) is 4.92. The number of halogens is 1. The van der Waals surface area contributed by atoms with E-state index in [1.165, 1.54) is 23.1 Å². The lowest BCUT2D eigenvalue weighted by molar-refractivity contribution is -0.128. The molecule has 1 saturated heterocycles.